The normalized spacial score (nSPS) is 37.5. The van der Waals surface area contributed by atoms with E-state index in [4.69, 9.17) is 34.5 Å². The van der Waals surface area contributed by atoms with Crippen LogP contribution in [0.4, 0.5) is 20.4 Å². The van der Waals surface area contributed by atoms with E-state index in [9.17, 15) is 18.9 Å². The SMILES string of the molecule is Nc1ncnc2c1ncn2[C@@H]1O[C@@H]2COP(=O)(O)O[C@@H]3/C(=C\CP(=O)(O)O[C@H]2[C@H]1F)O[C@@H](n1cnc2c(N)ncnc21)[C@@H]3F. The average Bonchev–Trinajstić information content (AvgIpc) is 3.73. The van der Waals surface area contributed by atoms with Gasteiger partial charge in [0, 0.05) is 0 Å². The van der Waals surface area contributed by atoms with Crippen molar-refractivity contribution < 1.29 is 50.7 Å². The Balaban J connectivity index is 1.20. The molecule has 7 heterocycles. The molecule has 19 nitrogen and oxygen atoms in total. The second-order valence-corrected chi connectivity index (χ2v) is 13.2. The van der Waals surface area contributed by atoms with Crippen molar-refractivity contribution in [2.45, 2.75) is 43.1 Å². The highest BCUT2D eigenvalue weighted by molar-refractivity contribution is 7.53. The minimum atomic E-state index is -5.11. The summed E-state index contributed by atoms with van der Waals surface area (Å²) < 4.78 is 87.1. The predicted octanol–water partition coefficient (Wildman–Crippen LogP) is 0.903. The van der Waals surface area contributed by atoms with Gasteiger partial charge in [0.05, 0.1) is 19.1 Å². The zero-order chi connectivity index (χ0) is 31.0. The zero-order valence-corrected chi connectivity index (χ0v) is 23.8. The van der Waals surface area contributed by atoms with Crippen molar-refractivity contribution in [2.75, 3.05) is 24.2 Å². The Morgan fingerprint density at radius 2 is 1.48 bits per heavy atom. The standard InChI is InChI=1S/C21H22F2N10O9P2/c22-10-14-8(39-20(10)32-6-30-12-16(24)26-4-28-18(12)32)1-2-43(34,35)41-15-9(3-38-44(36,37)42-14)40-21(11(15)23)33-7-31-13-17(25)27-5-29-19(13)33/h1,4-7,9-11,14-15,20-21H,2-3H2,(H,34,35)(H,36,37)(H2,24,26,28)(H2,25,27,29)/b8-1+/t9-,10-,11-,14-,15-,20-,21-/m1/s1. The molecule has 6 N–H and O–H groups in total. The van der Waals surface area contributed by atoms with Crippen LogP contribution in [0.3, 0.4) is 0 Å². The first-order valence-corrected chi connectivity index (χ1v) is 16.0. The second kappa shape index (κ2) is 10.5. The largest absolute Gasteiger partial charge is 0.473 e. The maximum Gasteiger partial charge on any atom is 0.473 e. The summed E-state index contributed by atoms with van der Waals surface area (Å²) in [6.45, 7) is -0.867. The molecule has 9 atom stereocenters. The van der Waals surface area contributed by atoms with Gasteiger partial charge in [0.1, 0.15) is 48.0 Å². The van der Waals surface area contributed by atoms with Crippen LogP contribution >= 0.6 is 15.4 Å². The number of hydrogen-bond acceptors (Lipinski definition) is 15. The third kappa shape index (κ3) is 4.90. The molecular weight excluding hydrogens is 636 g/mol. The number of ether oxygens (including phenoxy) is 2. The maximum atomic E-state index is 15.9. The Labute approximate surface area is 243 Å². The summed E-state index contributed by atoms with van der Waals surface area (Å²) in [6, 6.07) is 0. The molecule has 2 unspecified atom stereocenters. The lowest BCUT2D eigenvalue weighted by molar-refractivity contribution is -0.0467. The quantitative estimate of drug-likeness (QED) is 0.218. The summed E-state index contributed by atoms with van der Waals surface area (Å²) in [7, 11) is -9.81. The molecule has 2 fully saturated rings. The number of imidazole rings is 2. The number of nitrogens with zero attached hydrogens (tertiary/aromatic N) is 8. The first-order valence-electron chi connectivity index (χ1n) is 12.7. The van der Waals surface area contributed by atoms with Crippen LogP contribution in [-0.2, 0) is 32.2 Å². The average molecular weight is 658 g/mol. The van der Waals surface area contributed by atoms with Crippen molar-refractivity contribution in [1.29, 1.82) is 0 Å². The molecule has 7 rings (SSSR count). The molecule has 0 aliphatic carbocycles. The molecule has 0 radical (unpaired) electrons. The van der Waals surface area contributed by atoms with Crippen LogP contribution in [0.2, 0.25) is 0 Å². The molecule has 0 amide bonds. The molecule has 4 aromatic heterocycles. The number of phosphoric ester groups is 1. The van der Waals surface area contributed by atoms with E-state index in [0.717, 1.165) is 34.2 Å². The number of anilines is 2. The lowest BCUT2D eigenvalue weighted by atomic mass is 10.1. The van der Waals surface area contributed by atoms with Crippen molar-refractivity contribution in [3.63, 3.8) is 0 Å². The third-order valence-corrected chi connectivity index (χ3v) is 9.33. The van der Waals surface area contributed by atoms with Gasteiger partial charge >= 0.3 is 15.4 Å². The molecule has 0 aromatic carbocycles. The molecule has 0 saturated carbocycles. The highest BCUT2D eigenvalue weighted by Crippen LogP contribution is 2.54. The minimum Gasteiger partial charge on any atom is -0.469 e. The first-order chi connectivity index (χ1) is 20.9. The monoisotopic (exact) mass is 658 g/mol. The van der Waals surface area contributed by atoms with Crippen LogP contribution in [0.1, 0.15) is 12.5 Å². The number of aromatic nitrogens is 8. The van der Waals surface area contributed by atoms with E-state index in [1.54, 1.807) is 0 Å². The summed E-state index contributed by atoms with van der Waals surface area (Å²) in [6.07, 6.45) is -7.90. The van der Waals surface area contributed by atoms with Gasteiger partial charge in [-0.25, -0.2) is 43.2 Å². The lowest BCUT2D eigenvalue weighted by Crippen LogP contribution is -2.34. The summed E-state index contributed by atoms with van der Waals surface area (Å²) >= 11 is 0. The molecule has 0 spiro atoms. The molecule has 3 aliphatic rings. The van der Waals surface area contributed by atoms with Crippen LogP contribution < -0.4 is 11.5 Å². The van der Waals surface area contributed by atoms with Crippen molar-refractivity contribution in [1.82, 2.24) is 39.0 Å². The molecular formula is C21H22F2N10O9P2. The molecule has 23 heteroatoms. The van der Waals surface area contributed by atoms with E-state index in [-0.39, 0.29) is 34.0 Å². The summed E-state index contributed by atoms with van der Waals surface area (Å²) in [5.74, 6) is -0.409. The summed E-state index contributed by atoms with van der Waals surface area (Å²) in [5.41, 5.74) is 12.0. The smallest absolute Gasteiger partial charge is 0.469 e. The molecule has 44 heavy (non-hydrogen) atoms. The molecule has 3 aliphatic heterocycles. The molecule has 0 bridgehead atoms. The van der Waals surface area contributed by atoms with E-state index in [2.05, 4.69) is 29.9 Å². The number of allylic oxidation sites excluding steroid dienone is 1. The molecule has 4 aromatic rings. The number of nitrogen functional groups attached to an aromatic ring is 2. The van der Waals surface area contributed by atoms with Crippen LogP contribution in [0.5, 0.6) is 0 Å². The van der Waals surface area contributed by atoms with Gasteiger partial charge in [-0.05, 0) is 6.08 Å². The van der Waals surface area contributed by atoms with Gasteiger partial charge in [0.25, 0.3) is 0 Å². The Kier molecular flexibility index (Phi) is 6.90. The number of nitrogens with two attached hydrogens (primary N) is 2. The first kappa shape index (κ1) is 29.1. The van der Waals surface area contributed by atoms with E-state index in [0.29, 0.717) is 0 Å². The number of hydrogen-bond donors (Lipinski definition) is 4. The molecule has 2 saturated heterocycles. The number of fused-ring (bicyclic) bond motifs is 4. The third-order valence-electron chi connectivity index (χ3n) is 7.15. The fourth-order valence-electron chi connectivity index (χ4n) is 5.13. The summed E-state index contributed by atoms with van der Waals surface area (Å²) in [4.78, 5) is 45.0. The fraction of sp³-hybridized carbons (Fsp3) is 0.429. The van der Waals surface area contributed by atoms with Crippen molar-refractivity contribution in [3.8, 4) is 0 Å². The Hall–Kier alpha value is -3.68. The van der Waals surface area contributed by atoms with Gasteiger partial charge < -0.3 is 30.7 Å². The van der Waals surface area contributed by atoms with Crippen LogP contribution in [0, 0.1) is 0 Å². The fourth-order valence-corrected chi connectivity index (χ4v) is 7.17. The number of rotatable bonds is 2. The molecule has 234 valence electrons. The van der Waals surface area contributed by atoms with E-state index >= 15 is 8.78 Å². The van der Waals surface area contributed by atoms with Crippen LogP contribution in [0.25, 0.3) is 22.3 Å². The van der Waals surface area contributed by atoms with Gasteiger partial charge in [-0.3, -0.25) is 27.3 Å². The number of phosphoric acid groups is 1. The van der Waals surface area contributed by atoms with Crippen LogP contribution in [0.15, 0.2) is 37.1 Å². The van der Waals surface area contributed by atoms with Gasteiger partial charge in [-0.2, -0.15) is 0 Å². The minimum absolute atomic E-state index is 0.00976. The van der Waals surface area contributed by atoms with Gasteiger partial charge in [0.15, 0.2) is 47.6 Å². The summed E-state index contributed by atoms with van der Waals surface area (Å²) in [5, 5.41) is 0. The number of halogens is 2. The second-order valence-electron chi connectivity index (χ2n) is 9.92. The number of alkyl halides is 2. The Morgan fingerprint density at radius 1 is 0.864 bits per heavy atom. The van der Waals surface area contributed by atoms with E-state index < -0.39 is 77.1 Å². The topological polar surface area (TPSA) is 260 Å². The van der Waals surface area contributed by atoms with Crippen molar-refractivity contribution in [3.05, 3.63) is 37.1 Å². The Morgan fingerprint density at radius 3 is 2.11 bits per heavy atom. The van der Waals surface area contributed by atoms with Gasteiger partial charge in [0.2, 0.25) is 6.23 Å². The van der Waals surface area contributed by atoms with Crippen molar-refractivity contribution >= 4 is 49.4 Å². The highest BCUT2D eigenvalue weighted by Gasteiger charge is 2.53. The van der Waals surface area contributed by atoms with Gasteiger partial charge in [-0.1, -0.05) is 0 Å². The van der Waals surface area contributed by atoms with Crippen molar-refractivity contribution in [2.24, 2.45) is 0 Å². The zero-order valence-electron chi connectivity index (χ0n) is 22.0. The lowest BCUT2D eigenvalue weighted by Gasteiger charge is -2.25. The highest BCUT2D eigenvalue weighted by atomic mass is 31.2. The van der Waals surface area contributed by atoms with Crippen LogP contribution in [-0.4, -0.2) is 92.2 Å². The predicted molar refractivity (Wildman–Crippen MR) is 142 cm³/mol. The maximum absolute atomic E-state index is 15.9. The Bertz CT molecular complexity index is 1890. The van der Waals surface area contributed by atoms with Gasteiger partial charge in [-0.15, -0.1) is 0 Å². The van der Waals surface area contributed by atoms with E-state index in [1.165, 1.54) is 6.33 Å². The van der Waals surface area contributed by atoms with E-state index in [1.807, 2.05) is 0 Å².